The molecule has 2 aromatic rings. The highest BCUT2D eigenvalue weighted by molar-refractivity contribution is 5.80. The second-order valence-electron chi connectivity index (χ2n) is 7.78. The molecule has 1 aliphatic carbocycles. The van der Waals surface area contributed by atoms with Gasteiger partial charge in [-0.3, -0.25) is 4.79 Å². The Hall–Kier alpha value is -2.41. The predicted octanol–water partition coefficient (Wildman–Crippen LogP) is 2.85. The standard InChI is InChI=1S/C21H27N3O4/c1-14-17(15(2)28-23-14)13-20(25)24-11-9-21(26-3)8-7-16(12-18(21)24)27-19-6-4-5-10-22-19/h4-6,10,16,18H,7-9,11-13H2,1-3H3/t16-,18-,21+/m0/s1. The van der Waals surface area contributed by atoms with Crippen molar-refractivity contribution >= 4 is 5.91 Å². The molecule has 28 heavy (non-hydrogen) atoms. The maximum atomic E-state index is 13.1. The van der Waals surface area contributed by atoms with Crippen LogP contribution in [0.5, 0.6) is 5.88 Å². The summed E-state index contributed by atoms with van der Waals surface area (Å²) in [4.78, 5) is 19.4. The number of ether oxygens (including phenoxy) is 2. The molecule has 4 rings (SSSR count). The summed E-state index contributed by atoms with van der Waals surface area (Å²) < 4.78 is 17.3. The van der Waals surface area contributed by atoms with E-state index in [9.17, 15) is 4.79 Å². The number of nitrogens with zero attached hydrogens (tertiary/aromatic N) is 3. The Morgan fingerprint density at radius 3 is 2.89 bits per heavy atom. The number of aryl methyl sites for hydroxylation is 2. The Morgan fingerprint density at radius 1 is 1.36 bits per heavy atom. The summed E-state index contributed by atoms with van der Waals surface area (Å²) in [7, 11) is 1.76. The van der Waals surface area contributed by atoms with Crippen molar-refractivity contribution in [3.8, 4) is 5.88 Å². The fourth-order valence-corrected chi connectivity index (χ4v) is 4.66. The van der Waals surface area contributed by atoms with Crippen molar-refractivity contribution in [3.63, 3.8) is 0 Å². The van der Waals surface area contributed by atoms with Gasteiger partial charge >= 0.3 is 0 Å². The van der Waals surface area contributed by atoms with Crippen LogP contribution in [0.4, 0.5) is 0 Å². The zero-order valence-electron chi connectivity index (χ0n) is 16.7. The lowest BCUT2D eigenvalue weighted by atomic mass is 9.79. The molecular weight excluding hydrogens is 358 g/mol. The first-order chi connectivity index (χ1) is 13.5. The lowest BCUT2D eigenvalue weighted by molar-refractivity contribution is -0.138. The summed E-state index contributed by atoms with van der Waals surface area (Å²) in [6.45, 7) is 4.43. The van der Waals surface area contributed by atoms with Gasteiger partial charge in [0.15, 0.2) is 0 Å². The number of amides is 1. The van der Waals surface area contributed by atoms with E-state index in [2.05, 4.69) is 10.1 Å². The zero-order chi connectivity index (χ0) is 19.7. The van der Waals surface area contributed by atoms with Gasteiger partial charge in [-0.2, -0.15) is 0 Å². The molecule has 2 aliphatic rings. The summed E-state index contributed by atoms with van der Waals surface area (Å²) in [5, 5.41) is 3.97. The minimum atomic E-state index is -0.279. The highest BCUT2D eigenvalue weighted by Gasteiger charge is 2.53. The van der Waals surface area contributed by atoms with E-state index in [1.165, 1.54) is 0 Å². The molecule has 150 valence electrons. The molecule has 1 amide bonds. The van der Waals surface area contributed by atoms with E-state index >= 15 is 0 Å². The SMILES string of the molecule is CO[C@@]12CC[C@H](Oc3ccccn3)C[C@@H]1N(C(=O)Cc1c(C)noc1C)CC2. The Labute approximate surface area is 165 Å². The van der Waals surface area contributed by atoms with E-state index in [0.717, 1.165) is 36.9 Å². The van der Waals surface area contributed by atoms with Crippen LogP contribution in [0.1, 0.15) is 42.7 Å². The van der Waals surface area contributed by atoms with E-state index in [0.29, 0.717) is 24.6 Å². The molecule has 1 saturated heterocycles. The molecule has 0 radical (unpaired) electrons. The summed E-state index contributed by atoms with van der Waals surface area (Å²) >= 11 is 0. The molecule has 7 heteroatoms. The van der Waals surface area contributed by atoms with Crippen LogP contribution in [0, 0.1) is 13.8 Å². The maximum absolute atomic E-state index is 13.1. The van der Waals surface area contributed by atoms with Gasteiger partial charge in [0.05, 0.1) is 23.8 Å². The first kappa shape index (κ1) is 18.9. The monoisotopic (exact) mass is 385 g/mol. The minimum absolute atomic E-state index is 0.00735. The van der Waals surface area contributed by atoms with Gasteiger partial charge in [0.1, 0.15) is 11.9 Å². The number of pyridine rings is 1. The number of fused-ring (bicyclic) bond motifs is 1. The van der Waals surface area contributed by atoms with Crippen molar-refractivity contribution in [1.82, 2.24) is 15.0 Å². The fraction of sp³-hybridized carbons (Fsp3) is 0.571. The minimum Gasteiger partial charge on any atom is -0.474 e. The van der Waals surface area contributed by atoms with Crippen molar-refractivity contribution in [3.05, 3.63) is 41.4 Å². The number of carbonyl (C=O) groups excluding carboxylic acids is 1. The van der Waals surface area contributed by atoms with Crippen LogP contribution < -0.4 is 4.74 Å². The van der Waals surface area contributed by atoms with E-state index in [1.54, 1.807) is 13.3 Å². The smallest absolute Gasteiger partial charge is 0.227 e. The van der Waals surface area contributed by atoms with E-state index in [-0.39, 0.29) is 23.7 Å². The second kappa shape index (κ2) is 7.54. The van der Waals surface area contributed by atoms with Crippen LogP contribution in [0.3, 0.4) is 0 Å². The van der Waals surface area contributed by atoms with Gasteiger partial charge in [-0.15, -0.1) is 0 Å². The van der Waals surface area contributed by atoms with Crippen LogP contribution in [0.25, 0.3) is 0 Å². The zero-order valence-corrected chi connectivity index (χ0v) is 16.7. The average molecular weight is 385 g/mol. The number of hydrogen-bond donors (Lipinski definition) is 0. The van der Waals surface area contributed by atoms with Crippen LogP contribution in [0.15, 0.2) is 28.9 Å². The summed E-state index contributed by atoms with van der Waals surface area (Å²) in [5.41, 5.74) is 1.39. The van der Waals surface area contributed by atoms with Gasteiger partial charge in [0, 0.05) is 37.9 Å². The van der Waals surface area contributed by atoms with Crippen LogP contribution >= 0.6 is 0 Å². The van der Waals surface area contributed by atoms with Gasteiger partial charge in [-0.1, -0.05) is 11.2 Å². The van der Waals surface area contributed by atoms with Crippen molar-refractivity contribution in [1.29, 1.82) is 0 Å². The molecule has 0 unspecified atom stereocenters. The first-order valence-corrected chi connectivity index (χ1v) is 9.86. The van der Waals surface area contributed by atoms with Crippen molar-refractivity contribution in [2.45, 2.75) is 63.7 Å². The quantitative estimate of drug-likeness (QED) is 0.788. The van der Waals surface area contributed by atoms with Gasteiger partial charge < -0.3 is 18.9 Å². The molecule has 0 N–H and O–H groups in total. The Kier molecular flexibility index (Phi) is 5.10. The number of carbonyl (C=O) groups is 1. The molecule has 3 atom stereocenters. The lowest BCUT2D eigenvalue weighted by Crippen LogP contribution is -2.54. The van der Waals surface area contributed by atoms with Gasteiger partial charge in [-0.25, -0.2) is 4.98 Å². The maximum Gasteiger partial charge on any atom is 0.227 e. The molecule has 2 aromatic heterocycles. The largest absolute Gasteiger partial charge is 0.474 e. The molecule has 1 saturated carbocycles. The van der Waals surface area contributed by atoms with Crippen molar-refractivity contribution in [2.75, 3.05) is 13.7 Å². The molecule has 7 nitrogen and oxygen atoms in total. The normalized spacial score (nSPS) is 26.9. The molecule has 3 heterocycles. The summed E-state index contributed by atoms with van der Waals surface area (Å²) in [6.07, 6.45) is 5.44. The summed E-state index contributed by atoms with van der Waals surface area (Å²) in [6, 6.07) is 5.66. The molecule has 2 fully saturated rings. The van der Waals surface area contributed by atoms with E-state index in [4.69, 9.17) is 14.0 Å². The van der Waals surface area contributed by atoms with Crippen molar-refractivity contribution < 1.29 is 18.8 Å². The van der Waals surface area contributed by atoms with E-state index < -0.39 is 0 Å². The Balaban J connectivity index is 1.50. The highest BCUT2D eigenvalue weighted by Crippen LogP contribution is 2.43. The topological polar surface area (TPSA) is 77.7 Å². The van der Waals surface area contributed by atoms with Crippen LogP contribution in [-0.2, 0) is 16.0 Å². The van der Waals surface area contributed by atoms with E-state index in [1.807, 2.05) is 36.9 Å². The Morgan fingerprint density at radius 2 is 2.21 bits per heavy atom. The molecular formula is C21H27N3O4. The van der Waals surface area contributed by atoms with Gasteiger partial charge in [0.25, 0.3) is 0 Å². The van der Waals surface area contributed by atoms with Crippen molar-refractivity contribution in [2.24, 2.45) is 0 Å². The average Bonchev–Trinajstić information content (AvgIpc) is 3.24. The number of aromatic nitrogens is 2. The molecule has 0 spiro atoms. The number of rotatable bonds is 5. The summed E-state index contributed by atoms with van der Waals surface area (Å²) in [5.74, 6) is 1.43. The predicted molar refractivity (Wildman–Crippen MR) is 102 cm³/mol. The Bertz CT molecular complexity index is 818. The number of likely N-dealkylation sites (tertiary alicyclic amines) is 1. The fourth-order valence-electron chi connectivity index (χ4n) is 4.66. The van der Waals surface area contributed by atoms with Gasteiger partial charge in [-0.05, 0) is 39.2 Å². The third-order valence-corrected chi connectivity index (χ3v) is 6.30. The molecule has 0 aromatic carbocycles. The van der Waals surface area contributed by atoms with Gasteiger partial charge in [0.2, 0.25) is 11.8 Å². The third kappa shape index (κ3) is 3.39. The molecule has 1 aliphatic heterocycles. The number of methoxy groups -OCH3 is 1. The van der Waals surface area contributed by atoms with Crippen LogP contribution in [-0.4, -0.2) is 52.3 Å². The third-order valence-electron chi connectivity index (χ3n) is 6.30. The lowest BCUT2D eigenvalue weighted by Gasteiger charge is -2.43. The highest BCUT2D eigenvalue weighted by atomic mass is 16.5. The van der Waals surface area contributed by atoms with Crippen LogP contribution in [0.2, 0.25) is 0 Å². The molecule has 0 bridgehead atoms. The first-order valence-electron chi connectivity index (χ1n) is 9.86. The second-order valence-corrected chi connectivity index (χ2v) is 7.78. The number of hydrogen-bond acceptors (Lipinski definition) is 6.